The molecule has 0 aliphatic carbocycles. The Morgan fingerprint density at radius 3 is 2.38 bits per heavy atom. The number of hydrogen-bond acceptors (Lipinski definition) is 3. The largest absolute Gasteiger partial charge is 0.370 e. The fourth-order valence-electron chi connectivity index (χ4n) is 6.17. The van der Waals surface area contributed by atoms with Gasteiger partial charge in [-0.25, -0.2) is 0 Å². The molecule has 4 aromatic rings. The zero-order chi connectivity index (χ0) is 27.1. The van der Waals surface area contributed by atoms with Crippen LogP contribution in [0.3, 0.4) is 0 Å². The normalized spacial score (nSPS) is 23.2. The first kappa shape index (κ1) is 26.4. The lowest BCUT2D eigenvalue weighted by molar-refractivity contribution is 0.357. The molecule has 0 unspecified atom stereocenters. The van der Waals surface area contributed by atoms with Gasteiger partial charge in [0.15, 0.2) is 5.11 Å². The molecule has 2 aromatic heterocycles. The maximum absolute atomic E-state index is 7.00. The number of thiocarbonyl (C=S) groups is 1. The van der Waals surface area contributed by atoms with Gasteiger partial charge >= 0.3 is 0 Å². The van der Waals surface area contributed by atoms with Crippen LogP contribution >= 0.6 is 39.7 Å². The number of halogens is 2. The lowest BCUT2D eigenvalue weighted by Crippen LogP contribution is -2.38. The second kappa shape index (κ2) is 11.0. The van der Waals surface area contributed by atoms with Crippen molar-refractivity contribution in [3.8, 4) is 5.69 Å². The quantitative estimate of drug-likeness (QED) is 0.229. The molecule has 39 heavy (non-hydrogen) atoms. The minimum Gasteiger partial charge on any atom is -0.370 e. The maximum atomic E-state index is 7.00. The number of hydrogen-bond donors (Lipinski definition) is 1. The second-order valence-corrected chi connectivity index (χ2v) is 12.5. The molecular formula is C31H31BrClN5S. The Balaban J connectivity index is 1.42. The summed E-state index contributed by atoms with van der Waals surface area (Å²) in [5, 5.41) is 4.98. The van der Waals surface area contributed by atoms with Crippen LogP contribution in [0.25, 0.3) is 5.69 Å². The van der Waals surface area contributed by atoms with E-state index in [-0.39, 0.29) is 12.1 Å². The average Bonchev–Trinajstić information content (AvgIpc) is 3.53. The number of rotatable bonds is 5. The predicted molar refractivity (Wildman–Crippen MR) is 168 cm³/mol. The molecule has 6 rings (SSSR count). The third kappa shape index (κ3) is 5.20. The van der Waals surface area contributed by atoms with E-state index in [1.807, 2.05) is 18.3 Å². The highest BCUT2D eigenvalue weighted by atomic mass is 79.9. The minimum atomic E-state index is -0.136. The van der Waals surface area contributed by atoms with Gasteiger partial charge in [-0.2, -0.15) is 0 Å². The van der Waals surface area contributed by atoms with Crippen LogP contribution in [0.4, 0.5) is 11.4 Å². The van der Waals surface area contributed by atoms with Gasteiger partial charge < -0.3 is 19.7 Å². The monoisotopic (exact) mass is 619 g/mol. The summed E-state index contributed by atoms with van der Waals surface area (Å²) < 4.78 is 3.27. The molecule has 4 atom stereocenters. The van der Waals surface area contributed by atoms with Crippen LogP contribution in [0, 0.1) is 11.8 Å². The smallest absolute Gasteiger partial charge is 0.174 e. The zero-order valence-electron chi connectivity index (χ0n) is 22.0. The van der Waals surface area contributed by atoms with E-state index in [4.69, 9.17) is 28.8 Å². The van der Waals surface area contributed by atoms with Gasteiger partial charge in [0, 0.05) is 47.0 Å². The van der Waals surface area contributed by atoms with Crippen LogP contribution < -0.4 is 15.1 Å². The molecule has 0 bridgehead atoms. The van der Waals surface area contributed by atoms with Crippen molar-refractivity contribution < 1.29 is 0 Å². The number of aromatic nitrogens is 2. The van der Waals surface area contributed by atoms with E-state index in [2.05, 4.69) is 116 Å². The Morgan fingerprint density at radius 1 is 0.949 bits per heavy atom. The van der Waals surface area contributed by atoms with Crippen LogP contribution in [0.1, 0.15) is 43.7 Å². The average molecular weight is 621 g/mol. The Kier molecular flexibility index (Phi) is 7.40. The highest BCUT2D eigenvalue weighted by molar-refractivity contribution is 9.10. The van der Waals surface area contributed by atoms with Gasteiger partial charge in [-0.15, -0.1) is 0 Å². The Bertz CT molecular complexity index is 1460. The molecule has 200 valence electrons. The first-order valence-corrected chi connectivity index (χ1v) is 15.0. The predicted octanol–water partition coefficient (Wildman–Crippen LogP) is 7.95. The molecule has 0 saturated carbocycles. The van der Waals surface area contributed by atoms with Crippen molar-refractivity contribution in [3.63, 3.8) is 0 Å². The lowest BCUT2D eigenvalue weighted by Gasteiger charge is -2.37. The number of pyridine rings is 1. The molecule has 5 nitrogen and oxygen atoms in total. The van der Waals surface area contributed by atoms with Crippen molar-refractivity contribution in [3.05, 3.63) is 106 Å². The van der Waals surface area contributed by atoms with Gasteiger partial charge in [0.1, 0.15) is 6.04 Å². The Morgan fingerprint density at radius 2 is 1.69 bits per heavy atom. The van der Waals surface area contributed by atoms with Gasteiger partial charge in [-0.05, 0) is 97.2 Å². The fraction of sp³-hybridized carbons (Fsp3) is 0.290. The molecule has 2 aliphatic rings. The standard InChI is InChI=1S/C31H31BrClN5S/c1-20-16-21(2)19-36(18-20)27-13-12-24(17-25(27)33)38-30(29(35-31(38)39)26-6-3-4-14-34-26)28-7-5-15-37(28)23-10-8-22(32)9-11-23/h3-15,17,20-21,29-30H,16,18-19H2,1-2H3,(H,35,39)/t20-,21-,29+,30+/m1/s1. The van der Waals surface area contributed by atoms with Crippen molar-refractivity contribution in [2.24, 2.45) is 11.8 Å². The number of anilines is 2. The van der Waals surface area contributed by atoms with Crippen LogP contribution in [0.2, 0.25) is 5.02 Å². The zero-order valence-corrected chi connectivity index (χ0v) is 25.1. The molecule has 1 N–H and O–H groups in total. The van der Waals surface area contributed by atoms with Crippen LogP contribution in [0.5, 0.6) is 0 Å². The molecule has 0 amide bonds. The van der Waals surface area contributed by atoms with Crippen LogP contribution in [0.15, 0.2) is 89.7 Å². The van der Waals surface area contributed by atoms with Crippen LogP contribution in [-0.4, -0.2) is 27.8 Å². The van der Waals surface area contributed by atoms with E-state index in [0.29, 0.717) is 16.9 Å². The third-order valence-corrected chi connectivity index (χ3v) is 8.85. The Labute approximate surface area is 248 Å². The van der Waals surface area contributed by atoms with Crippen molar-refractivity contribution >= 4 is 56.2 Å². The summed E-state index contributed by atoms with van der Waals surface area (Å²) in [6.07, 6.45) is 5.19. The number of piperidine rings is 1. The van der Waals surface area contributed by atoms with Gasteiger partial charge in [0.25, 0.3) is 0 Å². The summed E-state index contributed by atoms with van der Waals surface area (Å²) in [4.78, 5) is 9.33. The van der Waals surface area contributed by atoms with E-state index >= 15 is 0 Å². The molecule has 8 heteroatoms. The van der Waals surface area contributed by atoms with Gasteiger partial charge in [-0.1, -0.05) is 47.4 Å². The molecule has 2 saturated heterocycles. The molecule has 0 radical (unpaired) electrons. The summed E-state index contributed by atoms with van der Waals surface area (Å²) in [5.74, 6) is 1.30. The van der Waals surface area contributed by atoms with E-state index in [9.17, 15) is 0 Å². The fourth-order valence-corrected chi connectivity index (χ4v) is 7.07. The van der Waals surface area contributed by atoms with E-state index < -0.39 is 0 Å². The highest BCUT2D eigenvalue weighted by Gasteiger charge is 2.42. The highest BCUT2D eigenvalue weighted by Crippen LogP contribution is 2.44. The molecule has 2 aliphatic heterocycles. The van der Waals surface area contributed by atoms with Gasteiger partial charge in [0.2, 0.25) is 0 Å². The van der Waals surface area contributed by atoms with E-state index in [1.54, 1.807) is 0 Å². The number of nitrogens with one attached hydrogen (secondary N) is 1. The minimum absolute atomic E-state index is 0.134. The van der Waals surface area contributed by atoms with Crippen molar-refractivity contribution in [2.45, 2.75) is 32.4 Å². The molecule has 2 aromatic carbocycles. The van der Waals surface area contributed by atoms with Gasteiger partial charge in [-0.3, -0.25) is 4.98 Å². The maximum Gasteiger partial charge on any atom is 0.174 e. The third-order valence-electron chi connectivity index (χ3n) is 7.71. The molecule has 4 heterocycles. The van der Waals surface area contributed by atoms with E-state index in [0.717, 1.165) is 51.0 Å². The Hall–Kier alpha value is -2.87. The SMILES string of the molecule is C[C@@H]1C[C@@H](C)CN(c2ccc(N3C(=S)N[C@@H](c4ccccn4)[C@@H]3c3cccn3-c3ccc(Br)cc3)cc2Cl)C1. The van der Waals surface area contributed by atoms with E-state index in [1.165, 1.54) is 6.42 Å². The summed E-state index contributed by atoms with van der Waals surface area (Å²) in [6.45, 7) is 6.70. The number of nitrogens with zero attached hydrogens (tertiary/aromatic N) is 4. The topological polar surface area (TPSA) is 36.3 Å². The molecule has 0 spiro atoms. The first-order valence-electron chi connectivity index (χ1n) is 13.4. The molecule has 2 fully saturated rings. The number of benzene rings is 2. The van der Waals surface area contributed by atoms with Crippen LogP contribution in [-0.2, 0) is 0 Å². The van der Waals surface area contributed by atoms with Crippen molar-refractivity contribution in [1.82, 2.24) is 14.9 Å². The first-order chi connectivity index (χ1) is 18.9. The van der Waals surface area contributed by atoms with Gasteiger partial charge in [0.05, 0.1) is 22.4 Å². The second-order valence-electron chi connectivity index (χ2n) is 10.8. The summed E-state index contributed by atoms with van der Waals surface area (Å²) in [6, 6.07) is 24.7. The van der Waals surface area contributed by atoms with Crippen molar-refractivity contribution in [1.29, 1.82) is 0 Å². The summed E-state index contributed by atoms with van der Waals surface area (Å²) in [7, 11) is 0. The summed E-state index contributed by atoms with van der Waals surface area (Å²) >= 11 is 16.5. The molecular weight excluding hydrogens is 590 g/mol. The lowest BCUT2D eigenvalue weighted by atomic mass is 9.91. The van der Waals surface area contributed by atoms with Crippen molar-refractivity contribution in [2.75, 3.05) is 22.9 Å². The summed E-state index contributed by atoms with van der Waals surface area (Å²) in [5.41, 5.74) is 5.19.